The Morgan fingerprint density at radius 3 is 2.33 bits per heavy atom. The van der Waals surface area contributed by atoms with Crippen LogP contribution in [-0.2, 0) is 9.31 Å². The van der Waals surface area contributed by atoms with Gasteiger partial charge in [0.25, 0.3) is 0 Å². The van der Waals surface area contributed by atoms with Crippen molar-refractivity contribution in [2.75, 3.05) is 6.61 Å². The summed E-state index contributed by atoms with van der Waals surface area (Å²) in [7, 11) is -0.521. The van der Waals surface area contributed by atoms with E-state index in [1.165, 1.54) is 0 Å². The Morgan fingerprint density at radius 1 is 1.24 bits per heavy atom. The maximum atomic E-state index is 9.70. The third-order valence-corrected chi connectivity index (χ3v) is 4.95. The van der Waals surface area contributed by atoms with Crippen LogP contribution in [0.1, 0.15) is 38.8 Å². The minimum Gasteiger partial charge on any atom is -0.400 e. The van der Waals surface area contributed by atoms with Gasteiger partial charge in [-0.25, -0.2) is 0 Å². The molecule has 0 bridgehead atoms. The summed E-state index contributed by atoms with van der Waals surface area (Å²) in [6.45, 7) is 9.96. The molecule has 1 fully saturated rings. The maximum Gasteiger partial charge on any atom is 0.492 e. The summed E-state index contributed by atoms with van der Waals surface area (Å²) in [5, 5.41) is 9.70. The highest BCUT2D eigenvalue weighted by atomic mass is 79.9. The minimum atomic E-state index is -0.521. The van der Waals surface area contributed by atoms with Gasteiger partial charge in [-0.05, 0) is 51.7 Å². The number of aryl methyl sites for hydroxylation is 1. The van der Waals surface area contributed by atoms with Gasteiger partial charge < -0.3 is 14.4 Å². The van der Waals surface area contributed by atoms with Crippen LogP contribution in [0.15, 0.2) is 28.1 Å². The van der Waals surface area contributed by atoms with Gasteiger partial charge in [-0.2, -0.15) is 0 Å². The fraction of sp³-hybridized carbons (Fsp3) is 0.500. The fourth-order valence-electron chi connectivity index (χ4n) is 2.16. The lowest BCUT2D eigenvalue weighted by molar-refractivity contribution is 0.00578. The van der Waals surface area contributed by atoms with E-state index < -0.39 is 18.3 Å². The zero-order valence-corrected chi connectivity index (χ0v) is 14.8. The fourth-order valence-corrected chi connectivity index (χ4v) is 2.52. The zero-order valence-electron chi connectivity index (χ0n) is 13.2. The van der Waals surface area contributed by atoms with Crippen LogP contribution in [0.25, 0.3) is 6.08 Å². The quantitative estimate of drug-likeness (QED) is 0.841. The molecule has 5 heteroatoms. The van der Waals surface area contributed by atoms with Crippen LogP contribution in [0.5, 0.6) is 0 Å². The Morgan fingerprint density at radius 2 is 1.81 bits per heavy atom. The molecule has 3 nitrogen and oxygen atoms in total. The van der Waals surface area contributed by atoms with Crippen LogP contribution in [0.3, 0.4) is 0 Å². The summed E-state index contributed by atoms with van der Waals surface area (Å²) in [6.07, 6.45) is 1.93. The molecule has 2 rings (SSSR count). The lowest BCUT2D eigenvalue weighted by Gasteiger charge is -2.32. The molecule has 1 saturated heterocycles. The molecule has 1 N–H and O–H groups in total. The van der Waals surface area contributed by atoms with E-state index in [0.717, 1.165) is 21.1 Å². The largest absolute Gasteiger partial charge is 0.492 e. The van der Waals surface area contributed by atoms with E-state index in [0.29, 0.717) is 0 Å². The zero-order chi connectivity index (χ0) is 15.8. The Bertz CT molecular complexity index is 551. The summed E-state index contributed by atoms with van der Waals surface area (Å²) in [5.41, 5.74) is 2.08. The van der Waals surface area contributed by atoms with Crippen molar-refractivity contribution in [1.82, 2.24) is 0 Å². The lowest BCUT2D eigenvalue weighted by atomic mass is 9.77. The molecule has 114 valence electrons. The number of halogens is 1. The monoisotopic (exact) mass is 352 g/mol. The van der Waals surface area contributed by atoms with Gasteiger partial charge in [-0.1, -0.05) is 39.7 Å². The highest BCUT2D eigenvalue weighted by Crippen LogP contribution is 2.39. The Balaban J connectivity index is 2.33. The van der Waals surface area contributed by atoms with Crippen LogP contribution in [0.4, 0.5) is 0 Å². The summed E-state index contributed by atoms with van der Waals surface area (Å²) in [6, 6.07) is 6.10. The molecule has 0 radical (unpaired) electrons. The average Bonchev–Trinajstić information content (AvgIpc) is 2.59. The van der Waals surface area contributed by atoms with E-state index in [1.54, 1.807) is 0 Å². The number of benzene rings is 1. The first-order chi connectivity index (χ1) is 9.66. The summed E-state index contributed by atoms with van der Waals surface area (Å²) in [5.74, 6) is 0. The standard InChI is InChI=1S/C16H22BBrO3/c1-11-6-7-14(18)12(8-11)9-13(10-19)17-20-15(2,3)16(4,5)21-17/h6-9,19H,10H2,1-5H3. The minimum absolute atomic E-state index is 0.1000. The molecule has 0 aromatic heterocycles. The van der Waals surface area contributed by atoms with E-state index in [4.69, 9.17) is 9.31 Å². The average molecular weight is 353 g/mol. The summed E-state index contributed by atoms with van der Waals surface area (Å²) < 4.78 is 13.0. The van der Waals surface area contributed by atoms with Crippen molar-refractivity contribution < 1.29 is 14.4 Å². The molecule has 0 unspecified atom stereocenters. The lowest BCUT2D eigenvalue weighted by Crippen LogP contribution is -2.41. The Labute approximate surface area is 135 Å². The summed E-state index contributed by atoms with van der Waals surface area (Å²) >= 11 is 3.53. The second kappa shape index (κ2) is 5.88. The second-order valence-electron chi connectivity index (χ2n) is 6.49. The van der Waals surface area contributed by atoms with Crippen molar-refractivity contribution in [3.63, 3.8) is 0 Å². The number of aliphatic hydroxyl groups excluding tert-OH is 1. The number of hydrogen-bond acceptors (Lipinski definition) is 3. The van der Waals surface area contributed by atoms with E-state index in [2.05, 4.69) is 22.0 Å². The van der Waals surface area contributed by atoms with Crippen molar-refractivity contribution in [3.05, 3.63) is 39.3 Å². The molecule has 0 aliphatic carbocycles. The van der Waals surface area contributed by atoms with Gasteiger partial charge in [-0.15, -0.1) is 0 Å². The first-order valence-electron chi connectivity index (χ1n) is 7.09. The van der Waals surface area contributed by atoms with Gasteiger partial charge in [0.2, 0.25) is 0 Å². The maximum absolute atomic E-state index is 9.70. The van der Waals surface area contributed by atoms with Crippen LogP contribution >= 0.6 is 15.9 Å². The molecule has 0 amide bonds. The molecule has 1 aromatic carbocycles. The number of rotatable bonds is 3. The van der Waals surface area contributed by atoms with Gasteiger partial charge in [0, 0.05) is 4.47 Å². The van der Waals surface area contributed by atoms with Crippen molar-refractivity contribution in [2.45, 2.75) is 45.8 Å². The molecule has 1 aliphatic heterocycles. The van der Waals surface area contributed by atoms with Crippen molar-refractivity contribution >= 4 is 29.1 Å². The molecule has 0 atom stereocenters. The normalized spacial score (nSPS) is 20.9. The van der Waals surface area contributed by atoms with Crippen LogP contribution < -0.4 is 0 Å². The number of aliphatic hydroxyl groups is 1. The van der Waals surface area contributed by atoms with Gasteiger partial charge in [0.15, 0.2) is 0 Å². The highest BCUT2D eigenvalue weighted by molar-refractivity contribution is 9.10. The molecule has 0 spiro atoms. The van der Waals surface area contributed by atoms with Crippen LogP contribution in [-0.4, -0.2) is 30.0 Å². The molecule has 1 heterocycles. The molecule has 21 heavy (non-hydrogen) atoms. The molecule has 1 aromatic rings. The first kappa shape index (κ1) is 16.8. The van der Waals surface area contributed by atoms with Gasteiger partial charge in [0.1, 0.15) is 0 Å². The van der Waals surface area contributed by atoms with Gasteiger partial charge >= 0.3 is 7.12 Å². The second-order valence-corrected chi connectivity index (χ2v) is 7.34. The van der Waals surface area contributed by atoms with Crippen LogP contribution in [0.2, 0.25) is 0 Å². The topological polar surface area (TPSA) is 38.7 Å². The van der Waals surface area contributed by atoms with Crippen molar-refractivity contribution in [1.29, 1.82) is 0 Å². The molecule has 1 aliphatic rings. The predicted octanol–water partition coefficient (Wildman–Crippen LogP) is 3.76. The van der Waals surface area contributed by atoms with E-state index in [-0.39, 0.29) is 6.61 Å². The van der Waals surface area contributed by atoms with E-state index >= 15 is 0 Å². The van der Waals surface area contributed by atoms with Gasteiger partial charge in [0.05, 0.1) is 17.8 Å². The third-order valence-electron chi connectivity index (χ3n) is 4.23. The highest BCUT2D eigenvalue weighted by Gasteiger charge is 2.52. The van der Waals surface area contributed by atoms with Crippen molar-refractivity contribution in [3.8, 4) is 0 Å². The molecular formula is C16H22BBrO3. The SMILES string of the molecule is Cc1ccc(Br)c(C=C(CO)B2OC(C)(C)C(C)(C)O2)c1. The Hall–Kier alpha value is -0.615. The predicted molar refractivity (Wildman–Crippen MR) is 90.0 cm³/mol. The first-order valence-corrected chi connectivity index (χ1v) is 7.89. The molecule has 0 saturated carbocycles. The summed E-state index contributed by atoms with van der Waals surface area (Å²) in [4.78, 5) is 0. The number of hydrogen-bond donors (Lipinski definition) is 1. The van der Waals surface area contributed by atoms with Crippen LogP contribution in [0, 0.1) is 6.92 Å². The third kappa shape index (κ3) is 3.42. The Kier molecular flexibility index (Phi) is 4.69. The van der Waals surface area contributed by atoms with E-state index in [9.17, 15) is 5.11 Å². The molecular weight excluding hydrogens is 331 g/mol. The van der Waals surface area contributed by atoms with E-state index in [1.807, 2.05) is 52.8 Å². The van der Waals surface area contributed by atoms with Gasteiger partial charge in [-0.3, -0.25) is 0 Å². The smallest absolute Gasteiger partial charge is 0.400 e. The van der Waals surface area contributed by atoms with Crippen molar-refractivity contribution in [2.24, 2.45) is 0 Å².